The molecule has 20 heavy (non-hydrogen) atoms. The summed E-state index contributed by atoms with van der Waals surface area (Å²) < 4.78 is 51.7. The lowest BCUT2D eigenvalue weighted by Crippen LogP contribution is -2.29. The van der Waals surface area contributed by atoms with Gasteiger partial charge in [0.25, 0.3) is 0 Å². The van der Waals surface area contributed by atoms with Crippen molar-refractivity contribution in [1.29, 1.82) is 0 Å². The van der Waals surface area contributed by atoms with E-state index in [-0.39, 0.29) is 18.3 Å². The zero-order valence-electron chi connectivity index (χ0n) is 10.1. The number of aliphatic hydroxyl groups excluding tert-OH is 1. The highest BCUT2D eigenvalue weighted by Crippen LogP contribution is 2.40. The third-order valence-corrected chi connectivity index (χ3v) is 3.49. The van der Waals surface area contributed by atoms with E-state index < -0.39 is 40.3 Å². The van der Waals surface area contributed by atoms with E-state index >= 15 is 0 Å². The zero-order valence-corrected chi connectivity index (χ0v) is 11.7. The Morgan fingerprint density at radius 2 is 1.85 bits per heavy atom. The van der Waals surface area contributed by atoms with Crippen LogP contribution in [0.3, 0.4) is 0 Å². The van der Waals surface area contributed by atoms with Crippen molar-refractivity contribution in [1.82, 2.24) is 0 Å². The van der Waals surface area contributed by atoms with Crippen LogP contribution in [0.2, 0.25) is 5.02 Å². The first-order chi connectivity index (χ1) is 8.71. The molecule has 0 unspecified atom stereocenters. The summed E-state index contributed by atoms with van der Waals surface area (Å²) in [6, 6.07) is -0.0963. The molecule has 8 heteroatoms. The van der Waals surface area contributed by atoms with Crippen molar-refractivity contribution < 1.29 is 22.7 Å². The highest BCUT2D eigenvalue weighted by atomic mass is 35.5. The molecule has 0 aliphatic heterocycles. The average Bonchev–Trinajstić information content (AvgIpc) is 3.13. The summed E-state index contributed by atoms with van der Waals surface area (Å²) in [5.41, 5.74) is 4.17. The van der Waals surface area contributed by atoms with Crippen LogP contribution in [0.5, 0.6) is 0 Å². The van der Waals surface area contributed by atoms with Gasteiger partial charge in [0.2, 0.25) is 0 Å². The van der Waals surface area contributed by atoms with Crippen molar-refractivity contribution in [2.24, 2.45) is 11.7 Å². The Hall–Kier alpha value is -0.560. The van der Waals surface area contributed by atoms with E-state index in [1.165, 1.54) is 0 Å². The Bertz CT molecular complexity index is 491. The van der Waals surface area contributed by atoms with Crippen LogP contribution in [-0.2, 0) is 6.18 Å². The minimum atomic E-state index is -4.64. The third kappa shape index (κ3) is 3.55. The molecule has 0 aromatic heterocycles. The zero-order chi connectivity index (χ0) is 14.4. The van der Waals surface area contributed by atoms with Crippen molar-refractivity contribution in [3.05, 3.63) is 34.1 Å². The van der Waals surface area contributed by atoms with Crippen molar-refractivity contribution in [2.75, 3.05) is 0 Å². The van der Waals surface area contributed by atoms with Gasteiger partial charge in [-0.15, -0.1) is 12.4 Å². The summed E-state index contributed by atoms with van der Waals surface area (Å²) in [7, 11) is 0. The first-order valence-corrected chi connectivity index (χ1v) is 6.09. The molecule has 2 nitrogen and oxygen atoms in total. The number of alkyl halides is 3. The summed E-state index contributed by atoms with van der Waals surface area (Å²) in [6.45, 7) is 0. The van der Waals surface area contributed by atoms with Gasteiger partial charge >= 0.3 is 6.18 Å². The van der Waals surface area contributed by atoms with E-state index in [2.05, 4.69) is 0 Å². The Morgan fingerprint density at radius 1 is 1.30 bits per heavy atom. The van der Waals surface area contributed by atoms with Gasteiger partial charge in [-0.25, -0.2) is 4.39 Å². The van der Waals surface area contributed by atoms with Gasteiger partial charge in [0, 0.05) is 5.56 Å². The second kappa shape index (κ2) is 6.05. The molecule has 2 atom stereocenters. The number of benzene rings is 1. The standard InChI is InChI=1S/C12H12ClF4NO.ClH/c13-8-4-6(12(15,16)17)3-7(9(8)14)10(18)11(19)5-1-2-5;/h3-5,10-11,19H,1-2,18H2;1H/t10-,11+;/m1./s1. The lowest BCUT2D eigenvalue weighted by Gasteiger charge is -2.21. The molecule has 0 heterocycles. The van der Waals surface area contributed by atoms with E-state index in [9.17, 15) is 22.7 Å². The Morgan fingerprint density at radius 3 is 2.30 bits per heavy atom. The van der Waals surface area contributed by atoms with Crippen LogP contribution >= 0.6 is 24.0 Å². The summed E-state index contributed by atoms with van der Waals surface area (Å²) in [4.78, 5) is 0. The van der Waals surface area contributed by atoms with Crippen LogP contribution in [0.25, 0.3) is 0 Å². The van der Waals surface area contributed by atoms with Crippen molar-refractivity contribution in [3.63, 3.8) is 0 Å². The van der Waals surface area contributed by atoms with Crippen LogP contribution in [0.15, 0.2) is 12.1 Å². The molecule has 1 fully saturated rings. The first-order valence-electron chi connectivity index (χ1n) is 5.71. The quantitative estimate of drug-likeness (QED) is 0.828. The van der Waals surface area contributed by atoms with E-state index in [0.29, 0.717) is 12.1 Å². The maximum Gasteiger partial charge on any atom is 0.416 e. The van der Waals surface area contributed by atoms with Gasteiger partial charge in [-0.05, 0) is 30.9 Å². The van der Waals surface area contributed by atoms with Crippen LogP contribution in [0.1, 0.15) is 30.0 Å². The molecule has 2 rings (SSSR count). The molecular weight excluding hydrogens is 321 g/mol. The van der Waals surface area contributed by atoms with Crippen LogP contribution in [0.4, 0.5) is 17.6 Å². The molecule has 1 aromatic carbocycles. The molecule has 0 radical (unpaired) electrons. The lowest BCUT2D eigenvalue weighted by molar-refractivity contribution is -0.137. The summed E-state index contributed by atoms with van der Waals surface area (Å²) in [6.07, 6.45) is -4.23. The van der Waals surface area contributed by atoms with Gasteiger partial charge in [-0.1, -0.05) is 11.6 Å². The van der Waals surface area contributed by atoms with Crippen molar-refractivity contribution >= 4 is 24.0 Å². The number of hydrogen-bond donors (Lipinski definition) is 2. The second-order valence-electron chi connectivity index (χ2n) is 4.71. The number of rotatable bonds is 3. The van der Waals surface area contributed by atoms with E-state index in [0.717, 1.165) is 12.8 Å². The van der Waals surface area contributed by atoms with Gasteiger partial charge < -0.3 is 10.8 Å². The number of hydrogen-bond acceptors (Lipinski definition) is 2. The molecular formula is C12H13Cl2F4NO. The van der Waals surface area contributed by atoms with E-state index in [4.69, 9.17) is 17.3 Å². The molecule has 1 saturated carbocycles. The Kier molecular flexibility index (Phi) is 5.29. The summed E-state index contributed by atoms with van der Waals surface area (Å²) >= 11 is 5.46. The maximum atomic E-state index is 13.8. The Labute approximate surface area is 124 Å². The van der Waals surface area contributed by atoms with Crippen molar-refractivity contribution in [3.8, 4) is 0 Å². The molecule has 0 bridgehead atoms. The van der Waals surface area contributed by atoms with Gasteiger partial charge in [0.15, 0.2) is 0 Å². The highest BCUT2D eigenvalue weighted by Gasteiger charge is 2.38. The van der Waals surface area contributed by atoms with Crippen molar-refractivity contribution in [2.45, 2.75) is 31.2 Å². The predicted octanol–water partition coefficient (Wildman–Crippen LogP) is 3.69. The number of nitrogens with two attached hydrogens (primary N) is 1. The lowest BCUT2D eigenvalue weighted by atomic mass is 9.96. The average molecular weight is 334 g/mol. The normalized spacial score (nSPS) is 18.4. The first kappa shape index (κ1) is 17.5. The van der Waals surface area contributed by atoms with E-state index in [1.54, 1.807) is 0 Å². The maximum absolute atomic E-state index is 13.8. The van der Waals surface area contributed by atoms with Crippen LogP contribution < -0.4 is 5.73 Å². The van der Waals surface area contributed by atoms with Gasteiger partial charge in [-0.2, -0.15) is 13.2 Å². The molecule has 0 amide bonds. The van der Waals surface area contributed by atoms with Gasteiger partial charge in [0.1, 0.15) is 5.82 Å². The summed E-state index contributed by atoms with van der Waals surface area (Å²) in [5, 5.41) is 9.15. The fourth-order valence-corrected chi connectivity index (χ4v) is 2.16. The molecule has 1 aliphatic rings. The smallest absolute Gasteiger partial charge is 0.391 e. The Balaban J connectivity index is 0.00000200. The number of aliphatic hydroxyl groups is 1. The molecule has 0 saturated heterocycles. The monoisotopic (exact) mass is 333 g/mol. The molecule has 1 aromatic rings. The predicted molar refractivity (Wildman–Crippen MR) is 69.3 cm³/mol. The minimum Gasteiger partial charge on any atom is -0.391 e. The molecule has 0 spiro atoms. The van der Waals surface area contributed by atoms with Crippen LogP contribution in [0, 0.1) is 11.7 Å². The molecule has 3 N–H and O–H groups in total. The topological polar surface area (TPSA) is 46.2 Å². The minimum absolute atomic E-state index is 0. The second-order valence-corrected chi connectivity index (χ2v) is 5.12. The molecule has 114 valence electrons. The molecule has 1 aliphatic carbocycles. The van der Waals surface area contributed by atoms with E-state index in [1.807, 2.05) is 0 Å². The van der Waals surface area contributed by atoms with Gasteiger partial charge in [0.05, 0.1) is 22.7 Å². The van der Waals surface area contributed by atoms with Crippen LogP contribution in [-0.4, -0.2) is 11.2 Å². The fourth-order valence-electron chi connectivity index (χ4n) is 1.93. The summed E-state index contributed by atoms with van der Waals surface area (Å²) in [5.74, 6) is -1.09. The largest absolute Gasteiger partial charge is 0.416 e. The fraction of sp³-hybridized carbons (Fsp3) is 0.500. The highest BCUT2D eigenvalue weighted by molar-refractivity contribution is 6.30. The third-order valence-electron chi connectivity index (χ3n) is 3.22. The number of halogens is 6. The van der Waals surface area contributed by atoms with Gasteiger partial charge in [-0.3, -0.25) is 0 Å². The SMILES string of the molecule is Cl.N[C@H](c1cc(C(F)(F)F)cc(Cl)c1F)[C@@H](O)C1CC1.